The minimum absolute atomic E-state index is 0.0188. The van der Waals surface area contributed by atoms with Gasteiger partial charge in [-0.1, -0.05) is 15.9 Å². The van der Waals surface area contributed by atoms with Gasteiger partial charge in [-0.25, -0.2) is 9.97 Å². The predicted octanol–water partition coefficient (Wildman–Crippen LogP) is 4.65. The molecule has 0 fully saturated rings. The fourth-order valence-corrected chi connectivity index (χ4v) is 1.75. The minimum atomic E-state index is -4.57. The molecule has 0 atom stereocenters. The van der Waals surface area contributed by atoms with Crippen LogP contribution in [0.5, 0.6) is 0 Å². The predicted molar refractivity (Wildman–Crippen MR) is 69.5 cm³/mol. The summed E-state index contributed by atoms with van der Waals surface area (Å²) < 4.78 is 38.5. The van der Waals surface area contributed by atoms with E-state index in [1.165, 1.54) is 0 Å². The summed E-state index contributed by atoms with van der Waals surface area (Å²) in [4.78, 5) is 6.84. The van der Waals surface area contributed by atoms with Crippen molar-refractivity contribution in [3.63, 3.8) is 0 Å². The van der Waals surface area contributed by atoms with Crippen molar-refractivity contribution >= 4 is 39.0 Å². The maximum absolute atomic E-state index is 12.6. The molecule has 0 aliphatic carbocycles. The number of nitrogens with zero attached hydrogens (tertiary/aromatic N) is 2. The smallest absolute Gasteiger partial charge is 0.340 e. The molecule has 0 saturated heterocycles. The maximum Gasteiger partial charge on any atom is 0.433 e. The van der Waals surface area contributed by atoms with E-state index in [0.29, 0.717) is 5.69 Å². The third kappa shape index (κ3) is 3.81. The van der Waals surface area contributed by atoms with Crippen LogP contribution in [0, 0.1) is 0 Å². The number of halogens is 5. The van der Waals surface area contributed by atoms with E-state index in [9.17, 15) is 13.2 Å². The molecule has 0 saturated carbocycles. The molecule has 0 radical (unpaired) electrons. The highest BCUT2D eigenvalue weighted by molar-refractivity contribution is 9.10. The Morgan fingerprint density at radius 2 is 1.74 bits per heavy atom. The molecule has 1 aromatic carbocycles. The van der Waals surface area contributed by atoms with Gasteiger partial charge in [-0.15, -0.1) is 0 Å². The van der Waals surface area contributed by atoms with Gasteiger partial charge in [-0.05, 0) is 35.9 Å². The Balaban J connectivity index is 2.30. The van der Waals surface area contributed by atoms with Crippen LogP contribution in [0.25, 0.3) is 0 Å². The summed E-state index contributed by atoms with van der Waals surface area (Å²) in [7, 11) is 0. The molecule has 100 valence electrons. The van der Waals surface area contributed by atoms with Gasteiger partial charge in [0, 0.05) is 16.2 Å². The average Bonchev–Trinajstić information content (AvgIpc) is 2.30. The largest absolute Gasteiger partial charge is 0.433 e. The van der Waals surface area contributed by atoms with Crippen molar-refractivity contribution < 1.29 is 13.2 Å². The quantitative estimate of drug-likeness (QED) is 0.799. The number of alkyl halides is 3. The molecule has 8 heteroatoms. The molecule has 1 heterocycles. The summed E-state index contributed by atoms with van der Waals surface area (Å²) in [5.41, 5.74) is -0.502. The van der Waals surface area contributed by atoms with Gasteiger partial charge >= 0.3 is 6.18 Å². The van der Waals surface area contributed by atoms with Crippen LogP contribution < -0.4 is 5.32 Å². The van der Waals surface area contributed by atoms with Gasteiger partial charge in [0.05, 0.1) is 0 Å². The van der Waals surface area contributed by atoms with Crippen molar-refractivity contribution in [1.29, 1.82) is 0 Å². The van der Waals surface area contributed by atoms with Gasteiger partial charge in [-0.2, -0.15) is 13.2 Å². The number of aromatic nitrogens is 2. The molecule has 1 aromatic heterocycles. The Kier molecular flexibility index (Phi) is 3.96. The van der Waals surface area contributed by atoms with E-state index >= 15 is 0 Å². The Morgan fingerprint density at radius 1 is 1.11 bits per heavy atom. The second-order valence-corrected chi connectivity index (χ2v) is 4.79. The third-order valence-electron chi connectivity index (χ3n) is 2.11. The van der Waals surface area contributed by atoms with Crippen molar-refractivity contribution in [3.8, 4) is 0 Å². The minimum Gasteiger partial charge on any atom is -0.340 e. The van der Waals surface area contributed by atoms with Gasteiger partial charge in [0.2, 0.25) is 5.28 Å². The highest BCUT2D eigenvalue weighted by Gasteiger charge is 2.33. The summed E-state index contributed by atoms with van der Waals surface area (Å²) in [5, 5.41) is 2.26. The van der Waals surface area contributed by atoms with Crippen LogP contribution in [0.1, 0.15) is 5.69 Å². The molecule has 3 nitrogen and oxygen atoms in total. The van der Waals surface area contributed by atoms with Crippen molar-refractivity contribution in [1.82, 2.24) is 9.97 Å². The van der Waals surface area contributed by atoms with Crippen LogP contribution in [0.3, 0.4) is 0 Å². The molecule has 19 heavy (non-hydrogen) atoms. The van der Waals surface area contributed by atoms with Crippen molar-refractivity contribution in [2.45, 2.75) is 6.18 Å². The van der Waals surface area contributed by atoms with Crippen LogP contribution in [0.15, 0.2) is 34.8 Å². The Bertz CT molecular complexity index is 587. The monoisotopic (exact) mass is 351 g/mol. The molecular formula is C11H6BrClF3N3. The van der Waals surface area contributed by atoms with Crippen LogP contribution >= 0.6 is 27.5 Å². The van der Waals surface area contributed by atoms with Gasteiger partial charge in [0.25, 0.3) is 0 Å². The second-order valence-electron chi connectivity index (χ2n) is 3.54. The standard InChI is InChI=1S/C11H6BrClF3N3/c12-6-1-3-7(4-2-6)17-9-5-8(11(14,15)16)18-10(13)19-9/h1-5H,(H,17,18,19). The number of hydrogen-bond acceptors (Lipinski definition) is 3. The number of benzene rings is 1. The molecule has 2 rings (SSSR count). The maximum atomic E-state index is 12.6. The van der Waals surface area contributed by atoms with E-state index in [2.05, 4.69) is 31.2 Å². The summed E-state index contributed by atoms with van der Waals surface area (Å²) in [5.74, 6) is -0.0188. The molecule has 0 spiro atoms. The molecule has 0 unspecified atom stereocenters. The molecule has 0 aliphatic rings. The lowest BCUT2D eigenvalue weighted by Crippen LogP contribution is -2.10. The average molecular weight is 353 g/mol. The van der Waals surface area contributed by atoms with E-state index in [1.54, 1.807) is 24.3 Å². The Hall–Kier alpha value is -1.34. The normalized spacial score (nSPS) is 11.4. The fraction of sp³-hybridized carbons (Fsp3) is 0.0909. The number of nitrogens with one attached hydrogen (secondary N) is 1. The lowest BCUT2D eigenvalue weighted by atomic mass is 10.3. The summed E-state index contributed by atoms with van der Waals surface area (Å²) in [6.45, 7) is 0. The number of hydrogen-bond donors (Lipinski definition) is 1. The first-order valence-corrected chi connectivity index (χ1v) is 6.16. The zero-order valence-corrected chi connectivity index (χ0v) is 11.5. The molecule has 0 amide bonds. The SMILES string of the molecule is FC(F)(F)c1cc(Nc2ccc(Br)cc2)nc(Cl)n1. The summed E-state index contributed by atoms with van der Waals surface area (Å²) in [6.07, 6.45) is -4.57. The lowest BCUT2D eigenvalue weighted by Gasteiger charge is -2.09. The van der Waals surface area contributed by atoms with Gasteiger partial charge in [0.15, 0.2) is 5.69 Å². The van der Waals surface area contributed by atoms with Crippen molar-refractivity contribution in [3.05, 3.63) is 45.8 Å². The van der Waals surface area contributed by atoms with Crippen molar-refractivity contribution in [2.75, 3.05) is 5.32 Å². The zero-order chi connectivity index (χ0) is 14.0. The molecular weight excluding hydrogens is 346 g/mol. The first-order valence-electron chi connectivity index (χ1n) is 4.99. The summed E-state index contributed by atoms with van der Waals surface area (Å²) in [6, 6.07) is 7.67. The van der Waals surface area contributed by atoms with Crippen LogP contribution in [-0.2, 0) is 6.18 Å². The Morgan fingerprint density at radius 3 is 2.32 bits per heavy atom. The van der Waals surface area contributed by atoms with Crippen LogP contribution in [0.2, 0.25) is 5.28 Å². The van der Waals surface area contributed by atoms with Crippen LogP contribution in [0.4, 0.5) is 24.7 Å². The lowest BCUT2D eigenvalue weighted by molar-refractivity contribution is -0.141. The topological polar surface area (TPSA) is 37.8 Å². The highest BCUT2D eigenvalue weighted by Crippen LogP contribution is 2.30. The van der Waals surface area contributed by atoms with E-state index < -0.39 is 17.2 Å². The number of rotatable bonds is 2. The van der Waals surface area contributed by atoms with E-state index in [0.717, 1.165) is 10.5 Å². The molecule has 0 bridgehead atoms. The van der Waals surface area contributed by atoms with Gasteiger partial charge < -0.3 is 5.32 Å². The second kappa shape index (κ2) is 5.34. The van der Waals surface area contributed by atoms with Crippen LogP contribution in [-0.4, -0.2) is 9.97 Å². The zero-order valence-electron chi connectivity index (χ0n) is 9.17. The molecule has 1 N–H and O–H groups in total. The number of anilines is 2. The van der Waals surface area contributed by atoms with E-state index in [4.69, 9.17) is 11.6 Å². The van der Waals surface area contributed by atoms with E-state index in [-0.39, 0.29) is 5.82 Å². The van der Waals surface area contributed by atoms with Crippen molar-refractivity contribution in [2.24, 2.45) is 0 Å². The first kappa shape index (κ1) is 14.1. The van der Waals surface area contributed by atoms with Gasteiger partial charge in [0.1, 0.15) is 5.82 Å². The van der Waals surface area contributed by atoms with E-state index in [1.807, 2.05) is 0 Å². The molecule has 0 aliphatic heterocycles. The fourth-order valence-electron chi connectivity index (χ4n) is 1.31. The first-order chi connectivity index (χ1) is 8.84. The highest BCUT2D eigenvalue weighted by atomic mass is 79.9. The molecule has 2 aromatic rings. The summed E-state index contributed by atoms with van der Waals surface area (Å²) >= 11 is 8.73. The van der Waals surface area contributed by atoms with Gasteiger partial charge in [-0.3, -0.25) is 0 Å². The third-order valence-corrected chi connectivity index (χ3v) is 2.80. The Labute approximate surface area is 120 Å².